The van der Waals surface area contributed by atoms with E-state index in [4.69, 9.17) is 9.97 Å². The molecule has 0 bridgehead atoms. The van der Waals surface area contributed by atoms with Crippen LogP contribution in [0.4, 0.5) is 0 Å². The Balaban J connectivity index is 0.000000134. The minimum Gasteiger partial charge on any atom is -0.392 e. The number of aliphatic hydroxyl groups excluding tert-OH is 1. The van der Waals surface area contributed by atoms with Crippen LogP contribution in [0.25, 0.3) is 22.1 Å². The fourth-order valence-corrected chi connectivity index (χ4v) is 8.11. The van der Waals surface area contributed by atoms with Crippen molar-refractivity contribution in [3.63, 3.8) is 0 Å². The summed E-state index contributed by atoms with van der Waals surface area (Å²) in [6.07, 6.45) is 13.2. The van der Waals surface area contributed by atoms with E-state index in [1.807, 2.05) is 12.1 Å². The predicted molar refractivity (Wildman–Crippen MR) is 176 cm³/mol. The second-order valence-corrected chi connectivity index (χ2v) is 13.9. The van der Waals surface area contributed by atoms with E-state index in [1.165, 1.54) is 111 Å². The first-order valence-electron chi connectivity index (χ1n) is 17.5. The highest BCUT2D eigenvalue weighted by atomic mass is 16.3. The number of hydrogen-bond donors (Lipinski definition) is 1. The van der Waals surface area contributed by atoms with Gasteiger partial charge in [-0.25, -0.2) is 9.97 Å². The molecule has 0 radical (unpaired) electrons. The third-order valence-electron chi connectivity index (χ3n) is 11.2. The van der Waals surface area contributed by atoms with Crippen LogP contribution in [0.2, 0.25) is 0 Å². The smallest absolute Gasteiger partial charge is 0.111 e. The zero-order chi connectivity index (χ0) is 29.5. The molecule has 44 heavy (non-hydrogen) atoms. The summed E-state index contributed by atoms with van der Waals surface area (Å²) in [4.78, 5) is 17.7. The highest BCUT2D eigenvalue weighted by Gasteiger charge is 2.28. The van der Waals surface area contributed by atoms with Crippen molar-refractivity contribution in [2.24, 2.45) is 0 Å². The van der Waals surface area contributed by atoms with Crippen molar-refractivity contribution in [1.82, 2.24) is 33.8 Å². The largest absolute Gasteiger partial charge is 0.392 e. The summed E-state index contributed by atoms with van der Waals surface area (Å²) in [5, 5.41) is 9.31. The molecule has 2 saturated carbocycles. The Labute approximate surface area is 261 Å². The van der Waals surface area contributed by atoms with Crippen molar-refractivity contribution in [2.45, 2.75) is 103 Å². The van der Waals surface area contributed by atoms with Crippen molar-refractivity contribution in [2.75, 3.05) is 39.3 Å². The van der Waals surface area contributed by atoms with Gasteiger partial charge in [0.25, 0.3) is 0 Å². The van der Waals surface area contributed by atoms with Crippen molar-refractivity contribution < 1.29 is 5.11 Å². The molecule has 0 unspecified atom stereocenters. The van der Waals surface area contributed by atoms with Gasteiger partial charge in [0.05, 0.1) is 28.7 Å². The van der Waals surface area contributed by atoms with Crippen LogP contribution in [0, 0.1) is 0 Å². The monoisotopic (exact) mass is 595 g/mol. The summed E-state index contributed by atoms with van der Waals surface area (Å²) >= 11 is 0. The van der Waals surface area contributed by atoms with Gasteiger partial charge in [-0.3, -0.25) is 14.7 Å². The maximum Gasteiger partial charge on any atom is 0.111 e. The lowest BCUT2D eigenvalue weighted by Gasteiger charge is -2.36. The molecule has 2 aromatic carbocycles. The zero-order valence-electron chi connectivity index (χ0n) is 26.3. The fourth-order valence-electron chi connectivity index (χ4n) is 8.11. The van der Waals surface area contributed by atoms with Gasteiger partial charge in [-0.1, -0.05) is 25.0 Å². The highest BCUT2D eigenvalue weighted by Crippen LogP contribution is 2.29. The lowest BCUT2D eigenvalue weighted by Crippen LogP contribution is -2.41. The average molecular weight is 596 g/mol. The minimum atomic E-state index is 0.102. The Bertz CT molecular complexity index is 1590. The molecule has 1 saturated heterocycles. The summed E-state index contributed by atoms with van der Waals surface area (Å²) < 4.78 is 4.86. The zero-order valence-corrected chi connectivity index (χ0v) is 26.3. The molecule has 3 fully saturated rings. The van der Waals surface area contributed by atoms with E-state index in [2.05, 4.69) is 48.1 Å². The Kier molecular flexibility index (Phi) is 8.18. The average Bonchev–Trinajstić information content (AvgIpc) is 3.63. The molecule has 4 aromatic rings. The normalized spacial score (nSPS) is 22.1. The second-order valence-electron chi connectivity index (χ2n) is 13.9. The summed E-state index contributed by atoms with van der Waals surface area (Å²) in [5.74, 6) is 2.50. The molecule has 0 amide bonds. The lowest BCUT2D eigenvalue weighted by atomic mass is 9.91. The van der Waals surface area contributed by atoms with Crippen LogP contribution < -0.4 is 0 Å². The van der Waals surface area contributed by atoms with E-state index >= 15 is 0 Å². The van der Waals surface area contributed by atoms with Crippen LogP contribution in [0.15, 0.2) is 36.4 Å². The number of rotatable bonds is 5. The Hall–Kier alpha value is -2.78. The van der Waals surface area contributed by atoms with Gasteiger partial charge in [-0.05, 0) is 87.0 Å². The summed E-state index contributed by atoms with van der Waals surface area (Å²) in [6, 6.07) is 14.7. The first-order valence-corrected chi connectivity index (χ1v) is 17.5. The molecule has 8 nitrogen and oxygen atoms in total. The Morgan fingerprint density at radius 3 is 1.61 bits per heavy atom. The molecule has 0 spiro atoms. The summed E-state index contributed by atoms with van der Waals surface area (Å²) in [7, 11) is 0. The molecular formula is C36H49N7O. The third-order valence-corrected chi connectivity index (χ3v) is 11.2. The van der Waals surface area contributed by atoms with Gasteiger partial charge in [0.15, 0.2) is 0 Å². The van der Waals surface area contributed by atoms with E-state index in [1.54, 1.807) is 0 Å². The van der Waals surface area contributed by atoms with Gasteiger partial charge >= 0.3 is 0 Å². The fraction of sp³-hybridized carbons (Fsp3) is 0.611. The Morgan fingerprint density at radius 1 is 0.591 bits per heavy atom. The number of aromatic nitrogens is 4. The first-order chi connectivity index (χ1) is 21.7. The van der Waals surface area contributed by atoms with Crippen molar-refractivity contribution >= 4 is 22.1 Å². The lowest BCUT2D eigenvalue weighted by molar-refractivity contribution is 0.130. The van der Waals surface area contributed by atoms with Gasteiger partial charge in [0, 0.05) is 70.7 Å². The van der Waals surface area contributed by atoms with Gasteiger partial charge in [-0.2, -0.15) is 0 Å². The topological polar surface area (TPSA) is 65.6 Å². The molecule has 3 aliphatic heterocycles. The standard InChI is InChI=1S/C20H28N4.C16H21N3O/c1-2-10-22(9-1)15-16-6-7-18-19(14-16)24-13-12-23(17-4-3-5-17)11-8-20(24)21-18;20-11-12-4-5-14-15(10-12)19-9-8-18(13-2-1-3-13)7-6-16(19)17-14/h6-7,14,17H,1-5,8-13,15H2;4-5,10,13,20H,1-3,6-9,11H2. The van der Waals surface area contributed by atoms with Gasteiger partial charge in [0.2, 0.25) is 0 Å². The van der Waals surface area contributed by atoms with E-state index in [0.29, 0.717) is 0 Å². The van der Waals surface area contributed by atoms with Crippen LogP contribution >= 0.6 is 0 Å². The van der Waals surface area contributed by atoms with Crippen LogP contribution in [-0.4, -0.2) is 90.3 Å². The number of benzene rings is 2. The number of hydrogen-bond acceptors (Lipinski definition) is 6. The third kappa shape index (κ3) is 5.70. The molecule has 2 aromatic heterocycles. The maximum absolute atomic E-state index is 9.31. The number of imidazole rings is 2. The van der Waals surface area contributed by atoms with Crippen LogP contribution in [0.5, 0.6) is 0 Å². The second kappa shape index (κ2) is 12.5. The highest BCUT2D eigenvalue weighted by molar-refractivity contribution is 5.77. The number of fused-ring (bicyclic) bond motifs is 6. The molecule has 5 heterocycles. The molecule has 9 rings (SSSR count). The number of likely N-dealkylation sites (tertiary alicyclic amines) is 1. The van der Waals surface area contributed by atoms with E-state index in [9.17, 15) is 5.11 Å². The molecule has 2 aliphatic carbocycles. The molecule has 5 aliphatic rings. The molecular weight excluding hydrogens is 546 g/mol. The maximum atomic E-state index is 9.31. The number of nitrogens with zero attached hydrogens (tertiary/aromatic N) is 7. The molecule has 0 atom stereocenters. The quantitative estimate of drug-likeness (QED) is 0.351. The van der Waals surface area contributed by atoms with E-state index in [0.717, 1.165) is 68.7 Å². The van der Waals surface area contributed by atoms with Crippen molar-refractivity contribution in [3.8, 4) is 0 Å². The van der Waals surface area contributed by atoms with E-state index in [-0.39, 0.29) is 6.61 Å². The van der Waals surface area contributed by atoms with Gasteiger partial charge in [-0.15, -0.1) is 0 Å². The molecule has 8 heteroatoms. The predicted octanol–water partition coefficient (Wildman–Crippen LogP) is 4.98. The Morgan fingerprint density at radius 2 is 1.11 bits per heavy atom. The van der Waals surface area contributed by atoms with Crippen LogP contribution in [0.1, 0.15) is 74.1 Å². The van der Waals surface area contributed by atoms with E-state index < -0.39 is 0 Å². The minimum absolute atomic E-state index is 0.102. The summed E-state index contributed by atoms with van der Waals surface area (Å²) in [5.41, 5.74) is 7.22. The van der Waals surface area contributed by atoms with Gasteiger partial charge in [0.1, 0.15) is 11.6 Å². The van der Waals surface area contributed by atoms with Crippen LogP contribution in [0.3, 0.4) is 0 Å². The molecule has 234 valence electrons. The van der Waals surface area contributed by atoms with Crippen molar-refractivity contribution in [1.29, 1.82) is 0 Å². The van der Waals surface area contributed by atoms with Crippen LogP contribution in [-0.2, 0) is 39.1 Å². The van der Waals surface area contributed by atoms with Crippen molar-refractivity contribution in [3.05, 3.63) is 59.2 Å². The molecule has 1 N–H and O–H groups in total. The first kappa shape index (κ1) is 28.7. The number of aliphatic hydroxyl groups is 1. The summed E-state index contributed by atoms with van der Waals surface area (Å²) in [6.45, 7) is 10.5. The SMILES string of the molecule is OCc1ccc2nc3n(c2c1)CCN(C1CCC1)CC3.c1cc2nc3n(c2cc1CN1CCCC1)CCN(C1CCC1)CC3. The van der Waals surface area contributed by atoms with Gasteiger partial charge < -0.3 is 14.2 Å².